The van der Waals surface area contributed by atoms with Gasteiger partial charge in [0.2, 0.25) is 0 Å². The predicted molar refractivity (Wildman–Crippen MR) is 232 cm³/mol. The molecule has 1 aromatic rings. The zero-order valence-corrected chi connectivity index (χ0v) is 38.6. The van der Waals surface area contributed by atoms with Gasteiger partial charge in [0.25, 0.3) is 0 Å². The Morgan fingerprint density at radius 3 is 2.19 bits per heavy atom. The average Bonchev–Trinajstić information content (AvgIpc) is 3.42. The molecule has 4 saturated carbocycles. The van der Waals surface area contributed by atoms with Gasteiger partial charge in [-0.05, 0) is 139 Å². The van der Waals surface area contributed by atoms with Crippen LogP contribution in [0.2, 0.25) is 5.02 Å². The first-order valence-electron chi connectivity index (χ1n) is 22.7. The van der Waals surface area contributed by atoms with Crippen molar-refractivity contribution < 1.29 is 29.3 Å². The van der Waals surface area contributed by atoms with Gasteiger partial charge in [-0.15, -0.1) is 0 Å². The fraction of sp³-hybridized carbons (Fsp3) is 0.780. The zero-order chi connectivity index (χ0) is 42.8. The number of Topliss-reactive ketones (excluding diaryl/α,β-unsaturated/α-hetero) is 1. The molecule has 4 fully saturated rings. The van der Waals surface area contributed by atoms with Crippen LogP contribution in [-0.2, 0) is 25.7 Å². The van der Waals surface area contributed by atoms with E-state index in [1.807, 2.05) is 26.0 Å². The van der Waals surface area contributed by atoms with Crippen LogP contribution in [0.4, 0.5) is 0 Å². The summed E-state index contributed by atoms with van der Waals surface area (Å²) < 4.78 is 6.30. The maximum absolute atomic E-state index is 14.3. The molecule has 8 heteroatoms. The number of aliphatic hydroxyl groups is 1. The number of hydrogen-bond acceptors (Lipinski definition) is 6. The van der Waals surface area contributed by atoms with Gasteiger partial charge in [0.15, 0.2) is 5.78 Å². The Bertz CT molecular complexity index is 1750. The molecule has 5 aliphatic rings. The van der Waals surface area contributed by atoms with Crippen molar-refractivity contribution in [2.75, 3.05) is 13.1 Å². The first-order chi connectivity index (χ1) is 26.9. The first-order valence-corrected chi connectivity index (χ1v) is 23.1. The third kappa shape index (κ3) is 8.01. The predicted octanol–water partition coefficient (Wildman–Crippen LogP) is 11.3. The van der Waals surface area contributed by atoms with E-state index in [2.05, 4.69) is 79.3 Å². The van der Waals surface area contributed by atoms with Crippen molar-refractivity contribution in [1.29, 1.82) is 0 Å². The number of halogens is 1. The fourth-order valence-electron chi connectivity index (χ4n) is 14.3. The number of rotatable bonds is 14. The first kappa shape index (κ1) is 45.3. The number of esters is 1. The highest BCUT2D eigenvalue weighted by Gasteiger charge is 2.71. The van der Waals surface area contributed by atoms with E-state index in [0.717, 1.165) is 81.5 Å². The van der Waals surface area contributed by atoms with Gasteiger partial charge in [-0.2, -0.15) is 0 Å². The van der Waals surface area contributed by atoms with E-state index in [1.165, 1.54) is 11.1 Å². The van der Waals surface area contributed by atoms with Crippen LogP contribution < -0.4 is 0 Å². The summed E-state index contributed by atoms with van der Waals surface area (Å²) in [5.41, 5.74) is 2.20. The van der Waals surface area contributed by atoms with E-state index < -0.39 is 22.9 Å². The van der Waals surface area contributed by atoms with Crippen molar-refractivity contribution in [3.05, 3.63) is 46.0 Å². The smallest absolute Gasteiger partial charge is 0.306 e. The normalized spacial score (nSPS) is 35.1. The number of carboxylic acid groups (broad SMARTS) is 1. The Balaban J connectivity index is 1.27. The molecule has 9 atom stereocenters. The lowest BCUT2D eigenvalue weighted by molar-refractivity contribution is -0.235. The number of nitrogens with zero attached hydrogens (tertiary/aromatic N) is 1. The largest absolute Gasteiger partial charge is 0.481 e. The quantitative estimate of drug-likeness (QED) is 0.180. The van der Waals surface area contributed by atoms with Gasteiger partial charge >= 0.3 is 11.9 Å². The summed E-state index contributed by atoms with van der Waals surface area (Å²) >= 11 is 6.25. The van der Waals surface area contributed by atoms with Crippen LogP contribution in [0.1, 0.15) is 159 Å². The van der Waals surface area contributed by atoms with E-state index in [9.17, 15) is 24.6 Å². The van der Waals surface area contributed by atoms with Crippen LogP contribution in [0.15, 0.2) is 35.4 Å². The van der Waals surface area contributed by atoms with Gasteiger partial charge < -0.3 is 14.9 Å². The molecule has 0 aliphatic heterocycles. The van der Waals surface area contributed by atoms with Crippen LogP contribution in [-0.4, -0.2) is 58.1 Å². The number of benzene rings is 1. The molecule has 6 rings (SSSR count). The van der Waals surface area contributed by atoms with Gasteiger partial charge in [0, 0.05) is 35.4 Å². The molecule has 0 spiro atoms. The van der Waals surface area contributed by atoms with Gasteiger partial charge in [-0.25, -0.2) is 0 Å². The molecule has 5 aliphatic carbocycles. The molecule has 58 heavy (non-hydrogen) atoms. The lowest BCUT2D eigenvalue weighted by atomic mass is 9.33. The van der Waals surface area contributed by atoms with Crippen LogP contribution >= 0.6 is 11.6 Å². The molecule has 0 unspecified atom stereocenters. The Kier molecular flexibility index (Phi) is 12.7. The second kappa shape index (κ2) is 16.2. The summed E-state index contributed by atoms with van der Waals surface area (Å²) in [6.45, 7) is 27.0. The number of carboxylic acids is 1. The topological polar surface area (TPSA) is 104 Å². The van der Waals surface area contributed by atoms with Crippen molar-refractivity contribution >= 4 is 29.3 Å². The maximum atomic E-state index is 14.3. The number of allylic oxidation sites excluding steroid dienone is 1. The van der Waals surface area contributed by atoms with Gasteiger partial charge in [0.05, 0.1) is 18.9 Å². The Morgan fingerprint density at radius 2 is 1.57 bits per heavy atom. The third-order valence-corrected chi connectivity index (χ3v) is 17.6. The monoisotopic (exact) mass is 822 g/mol. The second-order valence-corrected chi connectivity index (χ2v) is 23.1. The fourth-order valence-corrected chi connectivity index (χ4v) is 14.4. The van der Waals surface area contributed by atoms with Crippen molar-refractivity contribution in [2.24, 2.45) is 62.1 Å². The lowest BCUT2D eigenvalue weighted by Crippen LogP contribution is -2.66. The van der Waals surface area contributed by atoms with Crippen LogP contribution in [0.5, 0.6) is 0 Å². The summed E-state index contributed by atoms with van der Waals surface area (Å²) in [4.78, 5) is 41.5. The number of ketones is 1. The molecule has 0 saturated heterocycles. The number of aliphatic hydroxyl groups excluding tert-OH is 1. The molecule has 2 N–H and O–H groups in total. The highest BCUT2D eigenvalue weighted by Crippen LogP contribution is 2.77. The van der Waals surface area contributed by atoms with Gasteiger partial charge in [-0.3, -0.25) is 19.3 Å². The second-order valence-electron chi connectivity index (χ2n) is 22.7. The highest BCUT2D eigenvalue weighted by atomic mass is 35.5. The molecular formula is C50H76ClNO6. The molecular weight excluding hydrogens is 746 g/mol. The Morgan fingerprint density at radius 1 is 0.897 bits per heavy atom. The standard InChI is InChI=1S/C50H76ClNO6/c1-31(2)20-25-52(29-33-12-14-34(51)15-13-33)30-39(54)50-24-23-48(10)35(44(50)43(32(3)4)36(53)26-50)16-17-38-47(9)21-19-40(46(7,8)37(47)18-22-49(38,48)11)58-42(57)28-45(5,6)27-41(55)56/h12-15,31-32,35,37-40,54H,16-30H2,1-11H3,(H,55,56)/t35-,37+,38-,39+,40+,47+,48-,49-,50+/m1/s1. The number of fused-ring (bicyclic) bond motifs is 7. The van der Waals surface area contributed by atoms with E-state index in [0.29, 0.717) is 30.7 Å². The van der Waals surface area contributed by atoms with E-state index in [-0.39, 0.29) is 64.2 Å². The number of aliphatic carboxylic acids is 1. The molecule has 0 aromatic heterocycles. The summed E-state index contributed by atoms with van der Waals surface area (Å²) in [6.07, 6.45) is 8.59. The van der Waals surface area contributed by atoms with Crippen molar-refractivity contribution in [1.82, 2.24) is 4.90 Å². The minimum atomic E-state index is -0.898. The summed E-state index contributed by atoms with van der Waals surface area (Å²) in [5, 5.41) is 22.8. The highest BCUT2D eigenvalue weighted by molar-refractivity contribution is 6.30. The Hall–Kier alpha value is -2.22. The minimum Gasteiger partial charge on any atom is -0.481 e. The number of hydrogen-bond donors (Lipinski definition) is 2. The summed E-state index contributed by atoms with van der Waals surface area (Å²) in [7, 11) is 0. The SMILES string of the molecule is CC(C)CCN(Cc1ccc(Cl)cc1)C[C@H](O)[C@@]12CC[C@]3(C)[C@H](CC[C@@H]4[C@@]5(C)CC[C@H](OC(=O)CC(C)(C)CC(=O)O)C(C)(C)[C@@H]5CC[C@]43C)C1=C(C(C)C)C(=O)C2. The molecule has 324 valence electrons. The van der Waals surface area contributed by atoms with E-state index in [1.54, 1.807) is 0 Å². The maximum Gasteiger partial charge on any atom is 0.306 e. The van der Waals surface area contributed by atoms with Crippen molar-refractivity contribution in [2.45, 2.75) is 172 Å². The lowest BCUT2D eigenvalue weighted by Gasteiger charge is -2.72. The minimum absolute atomic E-state index is 0.0168. The van der Waals surface area contributed by atoms with Gasteiger partial charge in [-0.1, -0.05) is 105 Å². The molecule has 7 nitrogen and oxygen atoms in total. The third-order valence-electron chi connectivity index (χ3n) is 17.4. The van der Waals surface area contributed by atoms with Gasteiger partial charge in [0.1, 0.15) is 6.10 Å². The number of carbonyl (C=O) groups excluding carboxylic acids is 2. The molecule has 0 bridgehead atoms. The Labute approximate surface area is 355 Å². The zero-order valence-electron chi connectivity index (χ0n) is 37.8. The van der Waals surface area contributed by atoms with Crippen LogP contribution in [0, 0.1) is 62.1 Å². The van der Waals surface area contributed by atoms with Crippen LogP contribution in [0.3, 0.4) is 0 Å². The number of carbonyl (C=O) groups is 3. The van der Waals surface area contributed by atoms with E-state index >= 15 is 0 Å². The molecule has 1 aromatic carbocycles. The van der Waals surface area contributed by atoms with Crippen LogP contribution in [0.25, 0.3) is 0 Å². The number of ether oxygens (including phenoxy) is 1. The van der Waals surface area contributed by atoms with Crippen molar-refractivity contribution in [3.63, 3.8) is 0 Å². The summed E-state index contributed by atoms with van der Waals surface area (Å²) in [6, 6.07) is 8.06. The van der Waals surface area contributed by atoms with E-state index in [4.69, 9.17) is 16.3 Å². The average molecular weight is 823 g/mol. The van der Waals surface area contributed by atoms with Crippen molar-refractivity contribution in [3.8, 4) is 0 Å². The summed E-state index contributed by atoms with van der Waals surface area (Å²) in [5.74, 6) is 0.849. The molecule has 0 amide bonds. The molecule has 0 heterocycles. The molecule has 0 radical (unpaired) electrons.